The van der Waals surface area contributed by atoms with Crippen LogP contribution in [0.4, 0.5) is 5.69 Å². The number of nitrogens with zero attached hydrogens (tertiary/aromatic N) is 2. The number of aromatic nitrogens is 1. The van der Waals surface area contributed by atoms with E-state index in [1.54, 1.807) is 0 Å². The molecule has 0 spiro atoms. The van der Waals surface area contributed by atoms with Crippen LogP contribution >= 0.6 is 15.9 Å². The van der Waals surface area contributed by atoms with E-state index < -0.39 is 4.92 Å². The second-order valence-electron chi connectivity index (χ2n) is 3.91. The van der Waals surface area contributed by atoms with Crippen molar-refractivity contribution in [3.05, 3.63) is 26.9 Å². The molecule has 0 saturated carbocycles. The Morgan fingerprint density at radius 3 is 3.12 bits per heavy atom. The van der Waals surface area contributed by atoms with Gasteiger partial charge in [0.1, 0.15) is 6.20 Å². The minimum absolute atomic E-state index is 0.0493. The third-order valence-electron chi connectivity index (χ3n) is 2.62. The van der Waals surface area contributed by atoms with E-state index in [4.69, 9.17) is 4.74 Å². The summed E-state index contributed by atoms with van der Waals surface area (Å²) < 4.78 is 6.05. The summed E-state index contributed by atoms with van der Waals surface area (Å²) in [6.07, 6.45) is 2.29. The highest BCUT2D eigenvalue weighted by atomic mass is 79.9. The van der Waals surface area contributed by atoms with Crippen molar-refractivity contribution in [2.45, 2.75) is 6.42 Å². The zero-order valence-corrected chi connectivity index (χ0v) is 10.6. The molecule has 0 radical (unpaired) electrons. The molecule has 1 aromatic rings. The fraction of sp³-hybridized carbons (Fsp3) is 0.500. The van der Waals surface area contributed by atoms with Crippen molar-refractivity contribution >= 4 is 21.6 Å². The van der Waals surface area contributed by atoms with Crippen LogP contribution in [0.3, 0.4) is 0 Å². The SMILES string of the molecule is O=[N+]([O-])c1cnc(OCC2CCNC2)c(Br)c1. The van der Waals surface area contributed by atoms with Crippen LogP contribution in [-0.2, 0) is 0 Å². The molecule has 1 unspecified atom stereocenters. The van der Waals surface area contributed by atoms with E-state index in [1.165, 1.54) is 12.3 Å². The molecule has 1 aromatic heterocycles. The van der Waals surface area contributed by atoms with Crippen LogP contribution < -0.4 is 10.1 Å². The van der Waals surface area contributed by atoms with E-state index in [-0.39, 0.29) is 5.69 Å². The summed E-state index contributed by atoms with van der Waals surface area (Å²) in [5.41, 5.74) is -0.0493. The highest BCUT2D eigenvalue weighted by Crippen LogP contribution is 2.26. The molecule has 1 atom stereocenters. The Labute approximate surface area is 107 Å². The third kappa shape index (κ3) is 3.13. The Morgan fingerprint density at radius 2 is 2.53 bits per heavy atom. The molecule has 7 heteroatoms. The molecule has 0 bridgehead atoms. The van der Waals surface area contributed by atoms with E-state index in [0.29, 0.717) is 22.9 Å². The summed E-state index contributed by atoms with van der Waals surface area (Å²) in [5.74, 6) is 0.890. The molecule has 0 amide bonds. The zero-order valence-electron chi connectivity index (χ0n) is 9.06. The second-order valence-corrected chi connectivity index (χ2v) is 4.76. The minimum atomic E-state index is -0.484. The van der Waals surface area contributed by atoms with Gasteiger partial charge < -0.3 is 10.1 Å². The van der Waals surface area contributed by atoms with Gasteiger partial charge in [-0.3, -0.25) is 10.1 Å². The van der Waals surface area contributed by atoms with Gasteiger partial charge in [0, 0.05) is 18.5 Å². The molecule has 1 saturated heterocycles. The van der Waals surface area contributed by atoms with Gasteiger partial charge in [-0.05, 0) is 28.9 Å². The number of rotatable bonds is 4. The fourth-order valence-corrected chi connectivity index (χ4v) is 2.13. The maximum Gasteiger partial charge on any atom is 0.288 e. The predicted octanol–water partition coefficient (Wildman–Crippen LogP) is 1.74. The maximum absolute atomic E-state index is 10.5. The van der Waals surface area contributed by atoms with Crippen molar-refractivity contribution in [3.63, 3.8) is 0 Å². The molecule has 0 aliphatic carbocycles. The Balaban J connectivity index is 1.98. The van der Waals surface area contributed by atoms with Gasteiger partial charge >= 0.3 is 0 Å². The first kappa shape index (κ1) is 12.3. The average molecular weight is 302 g/mol. The Morgan fingerprint density at radius 1 is 1.71 bits per heavy atom. The van der Waals surface area contributed by atoms with Gasteiger partial charge in [0.2, 0.25) is 5.88 Å². The maximum atomic E-state index is 10.5. The average Bonchev–Trinajstić information content (AvgIpc) is 2.80. The van der Waals surface area contributed by atoms with Gasteiger partial charge in [-0.1, -0.05) is 0 Å². The Bertz CT molecular complexity index is 421. The fourth-order valence-electron chi connectivity index (χ4n) is 1.67. The van der Waals surface area contributed by atoms with E-state index in [1.807, 2.05) is 0 Å². The van der Waals surface area contributed by atoms with Crippen molar-refractivity contribution in [2.75, 3.05) is 19.7 Å². The van der Waals surface area contributed by atoms with Crippen molar-refractivity contribution in [2.24, 2.45) is 5.92 Å². The quantitative estimate of drug-likeness (QED) is 0.677. The van der Waals surface area contributed by atoms with Gasteiger partial charge in [-0.15, -0.1) is 0 Å². The number of ether oxygens (including phenoxy) is 1. The first-order valence-corrected chi connectivity index (χ1v) is 6.09. The molecule has 6 nitrogen and oxygen atoms in total. The van der Waals surface area contributed by atoms with Gasteiger partial charge in [0.15, 0.2) is 0 Å². The highest BCUT2D eigenvalue weighted by Gasteiger charge is 2.17. The molecule has 0 aromatic carbocycles. The highest BCUT2D eigenvalue weighted by molar-refractivity contribution is 9.10. The Hall–Kier alpha value is -1.21. The normalized spacial score (nSPS) is 19.2. The summed E-state index contributed by atoms with van der Waals surface area (Å²) in [5, 5.41) is 13.8. The summed E-state index contributed by atoms with van der Waals surface area (Å²) in [6, 6.07) is 1.40. The van der Waals surface area contributed by atoms with E-state index in [0.717, 1.165) is 19.5 Å². The lowest BCUT2D eigenvalue weighted by atomic mass is 10.1. The molecule has 1 aliphatic rings. The Kier molecular flexibility index (Phi) is 3.90. The minimum Gasteiger partial charge on any atom is -0.477 e. The predicted molar refractivity (Wildman–Crippen MR) is 65.1 cm³/mol. The van der Waals surface area contributed by atoms with Crippen molar-refractivity contribution in [1.29, 1.82) is 0 Å². The van der Waals surface area contributed by atoms with Gasteiger partial charge in [0.25, 0.3) is 5.69 Å². The largest absolute Gasteiger partial charge is 0.477 e. The van der Waals surface area contributed by atoms with Crippen LogP contribution in [0, 0.1) is 16.0 Å². The van der Waals surface area contributed by atoms with E-state index in [2.05, 4.69) is 26.2 Å². The molecule has 2 heterocycles. The van der Waals surface area contributed by atoms with E-state index >= 15 is 0 Å². The third-order valence-corrected chi connectivity index (χ3v) is 3.19. The number of nitrogens with one attached hydrogen (secondary N) is 1. The zero-order chi connectivity index (χ0) is 12.3. The van der Waals surface area contributed by atoms with Crippen molar-refractivity contribution in [1.82, 2.24) is 10.3 Å². The number of halogens is 1. The number of hydrogen-bond donors (Lipinski definition) is 1. The topological polar surface area (TPSA) is 77.3 Å². The van der Waals surface area contributed by atoms with Crippen molar-refractivity contribution in [3.8, 4) is 5.88 Å². The first-order chi connectivity index (χ1) is 8.16. The lowest BCUT2D eigenvalue weighted by Gasteiger charge is -2.10. The molecular formula is C10H12BrN3O3. The summed E-state index contributed by atoms with van der Waals surface area (Å²) >= 11 is 3.22. The summed E-state index contributed by atoms with van der Waals surface area (Å²) in [7, 11) is 0. The molecular weight excluding hydrogens is 290 g/mol. The molecule has 17 heavy (non-hydrogen) atoms. The summed E-state index contributed by atoms with van der Waals surface area (Å²) in [6.45, 7) is 2.55. The smallest absolute Gasteiger partial charge is 0.288 e. The summed E-state index contributed by atoms with van der Waals surface area (Å²) in [4.78, 5) is 14.0. The number of nitro groups is 1. The second kappa shape index (κ2) is 5.42. The lowest BCUT2D eigenvalue weighted by Crippen LogP contribution is -2.16. The van der Waals surface area contributed by atoms with Crippen LogP contribution in [0.5, 0.6) is 5.88 Å². The number of hydrogen-bond acceptors (Lipinski definition) is 5. The van der Waals surface area contributed by atoms with Crippen LogP contribution in [0.25, 0.3) is 0 Å². The van der Waals surface area contributed by atoms with Crippen molar-refractivity contribution < 1.29 is 9.66 Å². The molecule has 1 N–H and O–H groups in total. The van der Waals surface area contributed by atoms with E-state index in [9.17, 15) is 10.1 Å². The monoisotopic (exact) mass is 301 g/mol. The lowest BCUT2D eigenvalue weighted by molar-refractivity contribution is -0.385. The van der Waals surface area contributed by atoms with Crippen LogP contribution in [0.2, 0.25) is 0 Å². The standard InChI is InChI=1S/C10H12BrN3O3/c11-9-3-8(14(15)16)5-13-10(9)17-6-7-1-2-12-4-7/h3,5,7,12H,1-2,4,6H2. The van der Waals surface area contributed by atoms with Gasteiger partial charge in [-0.2, -0.15) is 0 Å². The molecule has 1 aliphatic heterocycles. The van der Waals surface area contributed by atoms with Crippen LogP contribution in [-0.4, -0.2) is 29.6 Å². The van der Waals surface area contributed by atoms with Gasteiger partial charge in [0.05, 0.1) is 16.0 Å². The first-order valence-electron chi connectivity index (χ1n) is 5.30. The molecule has 2 rings (SSSR count). The van der Waals surface area contributed by atoms with Crippen LogP contribution in [0.1, 0.15) is 6.42 Å². The molecule has 92 valence electrons. The van der Waals surface area contributed by atoms with Crippen LogP contribution in [0.15, 0.2) is 16.7 Å². The molecule has 1 fully saturated rings. The van der Waals surface area contributed by atoms with Gasteiger partial charge in [-0.25, -0.2) is 4.98 Å². The number of pyridine rings is 1.